The van der Waals surface area contributed by atoms with Crippen LogP contribution in [0.25, 0.3) is 0 Å². The van der Waals surface area contributed by atoms with Crippen LogP contribution in [-0.2, 0) is 4.99 Å². The molecule has 0 atom stereocenters. The van der Waals surface area contributed by atoms with E-state index in [2.05, 4.69) is 17.0 Å². The molecule has 0 amide bonds. The van der Waals surface area contributed by atoms with Gasteiger partial charge in [-0.05, 0) is 0 Å². The van der Waals surface area contributed by atoms with Crippen LogP contribution in [0.4, 0.5) is 0 Å². The van der Waals surface area contributed by atoms with Gasteiger partial charge in [0, 0.05) is 6.54 Å². The Morgan fingerprint density at radius 3 is 2.83 bits per heavy atom. The van der Waals surface area contributed by atoms with E-state index in [4.69, 9.17) is 5.26 Å². The topological polar surface area (TPSA) is 41.5 Å². The van der Waals surface area contributed by atoms with Gasteiger partial charge in [0.2, 0.25) is 0 Å². The predicted molar refractivity (Wildman–Crippen MR) is 21.9 cm³/mol. The summed E-state index contributed by atoms with van der Waals surface area (Å²) < 4.78 is 0. The molecule has 0 aliphatic rings. The Hall–Kier alpha value is -0.380. The zero-order valence-electron chi connectivity index (χ0n) is 3.35. The van der Waals surface area contributed by atoms with Gasteiger partial charge in [-0.25, -0.2) is 5.26 Å². The van der Waals surface area contributed by atoms with E-state index in [1.807, 2.05) is 0 Å². The van der Waals surface area contributed by atoms with Gasteiger partial charge in [-0.3, -0.25) is 0 Å². The fourth-order valence-corrected chi connectivity index (χ4v) is 0.0962. The fraction of sp³-hybridized carbons (Fsp3) is 0.333. The van der Waals surface area contributed by atoms with Gasteiger partial charge >= 0.3 is 0 Å². The molecule has 0 unspecified atom stereocenters. The Kier molecular flexibility index (Phi) is 4.33. The van der Waals surface area contributed by atoms with E-state index >= 15 is 0 Å². The molecular formula is C3H7NO2. The fourth-order valence-electron chi connectivity index (χ4n) is 0.0962. The third-order valence-corrected chi connectivity index (χ3v) is 0.292. The third kappa shape index (κ3) is 3.62. The van der Waals surface area contributed by atoms with Crippen molar-refractivity contribution in [3.05, 3.63) is 12.7 Å². The van der Waals surface area contributed by atoms with Crippen LogP contribution in [0, 0.1) is 0 Å². The molecule has 0 heterocycles. The highest BCUT2D eigenvalue weighted by Gasteiger charge is 1.67. The van der Waals surface area contributed by atoms with E-state index in [0.717, 1.165) is 0 Å². The summed E-state index contributed by atoms with van der Waals surface area (Å²) in [6, 6.07) is 0. The quantitative estimate of drug-likeness (QED) is 0.224. The van der Waals surface area contributed by atoms with E-state index in [9.17, 15) is 0 Å². The number of hydrogen-bond acceptors (Lipinski definition) is 3. The molecule has 0 spiro atoms. The molecule has 0 saturated heterocycles. The minimum Gasteiger partial charge on any atom is -0.233 e. The lowest BCUT2D eigenvalue weighted by molar-refractivity contribution is -0.289. The largest absolute Gasteiger partial charge is 0.233 e. The minimum absolute atomic E-state index is 0.455. The first-order valence-electron chi connectivity index (χ1n) is 1.56. The highest BCUT2D eigenvalue weighted by atomic mass is 17.2. The lowest BCUT2D eigenvalue weighted by Gasteiger charge is -1.87. The Bertz CT molecular complexity index is 37.8. The molecule has 3 heteroatoms. The molecule has 0 rings (SSSR count). The van der Waals surface area contributed by atoms with Gasteiger partial charge in [0.15, 0.2) is 0 Å². The summed E-state index contributed by atoms with van der Waals surface area (Å²) in [4.78, 5) is 3.46. The Balaban J connectivity index is 2.49. The highest BCUT2D eigenvalue weighted by Crippen LogP contribution is 1.54. The zero-order chi connectivity index (χ0) is 4.83. The van der Waals surface area contributed by atoms with Gasteiger partial charge in [-0.2, -0.15) is 5.48 Å². The van der Waals surface area contributed by atoms with E-state index in [1.54, 1.807) is 6.08 Å². The molecule has 0 saturated carbocycles. The van der Waals surface area contributed by atoms with E-state index in [1.165, 1.54) is 0 Å². The zero-order valence-corrected chi connectivity index (χ0v) is 3.35. The van der Waals surface area contributed by atoms with Crippen molar-refractivity contribution in [3.8, 4) is 0 Å². The lowest BCUT2D eigenvalue weighted by Crippen LogP contribution is -2.10. The van der Waals surface area contributed by atoms with Crippen molar-refractivity contribution in [2.24, 2.45) is 0 Å². The molecule has 36 valence electrons. The number of hydroxylamine groups is 1. The summed E-state index contributed by atoms with van der Waals surface area (Å²) in [5, 5.41) is 7.54. The average molecular weight is 89.1 g/mol. The molecule has 0 aromatic rings. The van der Waals surface area contributed by atoms with Crippen LogP contribution in [0.2, 0.25) is 0 Å². The number of rotatable bonds is 3. The van der Waals surface area contributed by atoms with Gasteiger partial charge < -0.3 is 0 Å². The second-order valence-corrected chi connectivity index (χ2v) is 0.728. The summed E-state index contributed by atoms with van der Waals surface area (Å²) in [5.41, 5.74) is 2.14. The molecule has 0 aromatic carbocycles. The van der Waals surface area contributed by atoms with Crippen LogP contribution >= 0.6 is 0 Å². The molecule has 0 aromatic heterocycles. The molecule has 2 N–H and O–H groups in total. The van der Waals surface area contributed by atoms with E-state index in [0.29, 0.717) is 6.54 Å². The van der Waals surface area contributed by atoms with Crippen LogP contribution in [0.1, 0.15) is 0 Å². The molecule has 0 aliphatic carbocycles. The normalized spacial score (nSPS) is 8.17. The van der Waals surface area contributed by atoms with Gasteiger partial charge in [0.25, 0.3) is 0 Å². The Morgan fingerprint density at radius 1 is 2.00 bits per heavy atom. The second-order valence-electron chi connectivity index (χ2n) is 0.728. The molecule has 3 nitrogen and oxygen atoms in total. The first kappa shape index (κ1) is 5.62. The van der Waals surface area contributed by atoms with E-state index in [-0.39, 0.29) is 0 Å². The van der Waals surface area contributed by atoms with Gasteiger partial charge in [0.1, 0.15) is 0 Å². The molecule has 0 aliphatic heterocycles. The molecule has 6 heavy (non-hydrogen) atoms. The molecule has 0 bridgehead atoms. The minimum atomic E-state index is 0.455. The van der Waals surface area contributed by atoms with Crippen LogP contribution in [0.5, 0.6) is 0 Å². The maximum absolute atomic E-state index is 7.54. The maximum atomic E-state index is 7.54. The van der Waals surface area contributed by atoms with Crippen LogP contribution < -0.4 is 5.48 Å². The van der Waals surface area contributed by atoms with Crippen molar-refractivity contribution in [1.29, 1.82) is 0 Å². The van der Waals surface area contributed by atoms with Gasteiger partial charge in [-0.1, -0.05) is 6.08 Å². The molecule has 0 radical (unpaired) electrons. The number of hydrogen-bond donors (Lipinski definition) is 2. The molecule has 0 fully saturated rings. The van der Waals surface area contributed by atoms with Crippen molar-refractivity contribution in [1.82, 2.24) is 5.48 Å². The summed E-state index contributed by atoms with van der Waals surface area (Å²) in [5.74, 6) is 0. The molecular weight excluding hydrogens is 82.0 g/mol. The smallest absolute Gasteiger partial charge is 0.0418 e. The summed E-state index contributed by atoms with van der Waals surface area (Å²) in [7, 11) is 0. The first-order chi connectivity index (χ1) is 2.91. The highest BCUT2D eigenvalue weighted by molar-refractivity contribution is 4.65. The third-order valence-electron chi connectivity index (χ3n) is 0.292. The van der Waals surface area contributed by atoms with Crippen LogP contribution in [0.15, 0.2) is 12.7 Å². The van der Waals surface area contributed by atoms with Crippen molar-refractivity contribution < 1.29 is 10.2 Å². The van der Waals surface area contributed by atoms with E-state index < -0.39 is 0 Å². The monoisotopic (exact) mass is 89.0 g/mol. The average Bonchev–Trinajstić information content (AvgIpc) is 1.61. The summed E-state index contributed by atoms with van der Waals surface area (Å²) in [6.07, 6.45) is 1.57. The van der Waals surface area contributed by atoms with Crippen LogP contribution in [0.3, 0.4) is 0 Å². The van der Waals surface area contributed by atoms with Crippen molar-refractivity contribution in [2.75, 3.05) is 6.54 Å². The Labute approximate surface area is 36.1 Å². The van der Waals surface area contributed by atoms with Crippen molar-refractivity contribution in [2.45, 2.75) is 0 Å². The van der Waals surface area contributed by atoms with Crippen molar-refractivity contribution in [3.63, 3.8) is 0 Å². The van der Waals surface area contributed by atoms with Gasteiger partial charge in [0.05, 0.1) is 0 Å². The Morgan fingerprint density at radius 2 is 2.67 bits per heavy atom. The predicted octanol–water partition coefficient (Wildman–Crippen LogP) is 0.167. The van der Waals surface area contributed by atoms with Crippen LogP contribution in [-0.4, -0.2) is 11.8 Å². The van der Waals surface area contributed by atoms with Gasteiger partial charge in [-0.15, -0.1) is 11.6 Å². The van der Waals surface area contributed by atoms with Crippen molar-refractivity contribution >= 4 is 0 Å². The summed E-state index contributed by atoms with van der Waals surface area (Å²) in [6.45, 7) is 3.80. The summed E-state index contributed by atoms with van der Waals surface area (Å²) >= 11 is 0. The second kappa shape index (κ2) is 4.62. The number of nitrogens with one attached hydrogen (secondary N) is 1. The lowest BCUT2D eigenvalue weighted by atomic mass is 10.7. The SMILES string of the molecule is C=CCNOO. The maximum Gasteiger partial charge on any atom is 0.0418 e. The standard InChI is InChI=1S/C3H7NO2/c1-2-3-4-6-5/h2,4-5H,1,3H2. The first-order valence-corrected chi connectivity index (χ1v) is 1.56.